The summed E-state index contributed by atoms with van der Waals surface area (Å²) in [5.74, 6) is -1.96. The summed E-state index contributed by atoms with van der Waals surface area (Å²) in [6.45, 7) is -0.386. The van der Waals surface area contributed by atoms with Gasteiger partial charge in [0.1, 0.15) is 12.7 Å². The van der Waals surface area contributed by atoms with Gasteiger partial charge in [0.2, 0.25) is 0 Å². The zero-order chi connectivity index (χ0) is 24.2. The number of rotatable bonds is 10. The monoisotopic (exact) mass is 468 g/mol. The molecule has 2 aromatic rings. The van der Waals surface area contributed by atoms with Gasteiger partial charge >= 0.3 is 12.1 Å². The topological polar surface area (TPSA) is 146 Å². The Morgan fingerprint density at radius 2 is 1.74 bits per heavy atom. The van der Waals surface area contributed by atoms with E-state index >= 15 is 0 Å². The molecule has 2 aliphatic rings. The molecule has 2 heterocycles. The summed E-state index contributed by atoms with van der Waals surface area (Å²) in [6, 6.07) is 12.9. The summed E-state index contributed by atoms with van der Waals surface area (Å²) in [7, 11) is 0. The molecule has 0 unspecified atom stereocenters. The highest BCUT2D eigenvalue weighted by Crippen LogP contribution is 2.27. The Kier molecular flexibility index (Phi) is 6.50. The van der Waals surface area contributed by atoms with Crippen LogP contribution in [0.2, 0.25) is 0 Å². The van der Waals surface area contributed by atoms with Gasteiger partial charge in [0.05, 0.1) is 48.3 Å². The molecule has 2 aromatic carbocycles. The average molecular weight is 468 g/mol. The number of imide groups is 1. The molecular formula is C22H20N4O8. The van der Waals surface area contributed by atoms with Crippen molar-refractivity contribution in [1.82, 2.24) is 4.90 Å². The Labute approximate surface area is 193 Å². The standard InChI is InChI=1S/C22H20N4O8/c27-19(28)13-33-10-9-26(23-32)15-7-5-14(6-8-15)24-11-16(34-22(24)31)12-25-20(29)17-3-1-2-4-18(17)21(25)30/h1-8,16H,9-13H2,(H,27,28)/t16-/m1/s1. The number of fused-ring (bicyclic) bond motifs is 1. The molecule has 1 N–H and O–H groups in total. The smallest absolute Gasteiger partial charge is 0.414 e. The minimum Gasteiger partial charge on any atom is -0.480 e. The first-order valence-corrected chi connectivity index (χ1v) is 10.3. The molecule has 0 saturated carbocycles. The number of carboxylic acids is 1. The molecule has 0 radical (unpaired) electrons. The molecule has 0 aliphatic carbocycles. The number of hydrogen-bond donors (Lipinski definition) is 1. The van der Waals surface area contributed by atoms with E-state index in [2.05, 4.69) is 5.29 Å². The van der Waals surface area contributed by atoms with Gasteiger partial charge < -0.3 is 14.6 Å². The number of carboxylic acid groups (broad SMARTS) is 1. The molecule has 1 saturated heterocycles. The van der Waals surface area contributed by atoms with Crippen molar-refractivity contribution in [2.45, 2.75) is 6.10 Å². The number of ether oxygens (including phenoxy) is 2. The van der Waals surface area contributed by atoms with Gasteiger partial charge in [-0.25, -0.2) is 14.6 Å². The fourth-order valence-corrected chi connectivity index (χ4v) is 3.77. The summed E-state index contributed by atoms with van der Waals surface area (Å²) in [5.41, 5.74) is 1.57. The summed E-state index contributed by atoms with van der Waals surface area (Å²) in [5, 5.41) is 12.6. The number of anilines is 2. The highest BCUT2D eigenvalue weighted by molar-refractivity contribution is 6.21. The lowest BCUT2D eigenvalue weighted by atomic mass is 10.1. The van der Waals surface area contributed by atoms with Crippen LogP contribution in [0.3, 0.4) is 0 Å². The lowest BCUT2D eigenvalue weighted by Crippen LogP contribution is -2.38. The van der Waals surface area contributed by atoms with E-state index in [1.807, 2.05) is 0 Å². The molecule has 0 bridgehead atoms. The maximum atomic E-state index is 12.6. The number of nitroso groups, excluding NO2 is 1. The van der Waals surface area contributed by atoms with E-state index in [0.717, 1.165) is 9.91 Å². The van der Waals surface area contributed by atoms with E-state index in [0.29, 0.717) is 22.5 Å². The molecule has 12 nitrogen and oxygen atoms in total. The molecule has 1 fully saturated rings. The van der Waals surface area contributed by atoms with Gasteiger partial charge in [0.25, 0.3) is 11.8 Å². The molecule has 4 rings (SSSR count). The fraction of sp³-hybridized carbons (Fsp3) is 0.273. The Morgan fingerprint density at radius 3 is 2.32 bits per heavy atom. The minimum atomic E-state index is -1.12. The van der Waals surface area contributed by atoms with Gasteiger partial charge in [-0.1, -0.05) is 12.1 Å². The second-order valence-corrected chi connectivity index (χ2v) is 7.55. The minimum absolute atomic E-state index is 0.0161. The van der Waals surface area contributed by atoms with Gasteiger partial charge in [-0.3, -0.25) is 19.4 Å². The number of benzene rings is 2. The molecule has 176 valence electrons. The van der Waals surface area contributed by atoms with Crippen LogP contribution in [0, 0.1) is 4.91 Å². The number of carbonyl (C=O) groups is 4. The summed E-state index contributed by atoms with van der Waals surface area (Å²) < 4.78 is 10.3. The third-order valence-electron chi connectivity index (χ3n) is 5.37. The van der Waals surface area contributed by atoms with Gasteiger partial charge in [0, 0.05) is 5.69 Å². The highest BCUT2D eigenvalue weighted by atomic mass is 16.6. The van der Waals surface area contributed by atoms with Crippen LogP contribution in [0.25, 0.3) is 0 Å². The van der Waals surface area contributed by atoms with Gasteiger partial charge in [0.15, 0.2) is 0 Å². The van der Waals surface area contributed by atoms with Gasteiger partial charge in [-0.15, -0.1) is 4.91 Å². The predicted octanol–water partition coefficient (Wildman–Crippen LogP) is 1.90. The first-order valence-electron chi connectivity index (χ1n) is 10.3. The zero-order valence-corrected chi connectivity index (χ0v) is 17.8. The molecule has 1 atom stereocenters. The predicted molar refractivity (Wildman–Crippen MR) is 117 cm³/mol. The number of hydrogen-bond acceptors (Lipinski definition) is 8. The third kappa shape index (κ3) is 4.57. The van der Waals surface area contributed by atoms with E-state index < -0.39 is 36.6 Å². The molecule has 0 aromatic heterocycles. The normalized spacial score (nSPS) is 17.1. The number of carbonyl (C=O) groups excluding carboxylic acids is 3. The van der Waals surface area contributed by atoms with Crippen molar-refractivity contribution < 1.29 is 33.8 Å². The summed E-state index contributed by atoms with van der Waals surface area (Å²) in [6.07, 6.45) is -1.32. The highest BCUT2D eigenvalue weighted by Gasteiger charge is 2.40. The van der Waals surface area contributed by atoms with Crippen LogP contribution in [0.15, 0.2) is 53.8 Å². The van der Waals surface area contributed by atoms with Crippen molar-refractivity contribution >= 4 is 35.3 Å². The average Bonchev–Trinajstić information content (AvgIpc) is 3.32. The van der Waals surface area contributed by atoms with E-state index in [9.17, 15) is 24.1 Å². The van der Waals surface area contributed by atoms with E-state index in [1.54, 1.807) is 48.5 Å². The summed E-state index contributed by atoms with van der Waals surface area (Å²) >= 11 is 0. The van der Waals surface area contributed by atoms with Gasteiger partial charge in [-0.2, -0.15) is 0 Å². The molecule has 0 spiro atoms. The Morgan fingerprint density at radius 1 is 1.09 bits per heavy atom. The molecule has 34 heavy (non-hydrogen) atoms. The van der Waals surface area contributed by atoms with Crippen LogP contribution in [-0.2, 0) is 14.3 Å². The number of nitrogens with zero attached hydrogens (tertiary/aromatic N) is 4. The molecule has 3 amide bonds. The lowest BCUT2D eigenvalue weighted by molar-refractivity contribution is -0.142. The van der Waals surface area contributed by atoms with Crippen molar-refractivity contribution in [2.24, 2.45) is 5.29 Å². The first kappa shape index (κ1) is 22.9. The largest absolute Gasteiger partial charge is 0.480 e. The molecular weight excluding hydrogens is 448 g/mol. The van der Waals surface area contributed by atoms with Crippen LogP contribution in [0.1, 0.15) is 20.7 Å². The lowest BCUT2D eigenvalue weighted by Gasteiger charge is -2.18. The van der Waals surface area contributed by atoms with Gasteiger partial charge in [-0.05, 0) is 36.4 Å². The fourth-order valence-electron chi connectivity index (χ4n) is 3.77. The van der Waals surface area contributed by atoms with Crippen LogP contribution in [0.5, 0.6) is 0 Å². The molecule has 2 aliphatic heterocycles. The van der Waals surface area contributed by atoms with Crippen LogP contribution in [-0.4, -0.2) is 72.8 Å². The van der Waals surface area contributed by atoms with E-state index in [4.69, 9.17) is 14.6 Å². The van der Waals surface area contributed by atoms with E-state index in [1.165, 1.54) is 4.90 Å². The van der Waals surface area contributed by atoms with Crippen LogP contribution >= 0.6 is 0 Å². The Bertz CT molecular complexity index is 1100. The van der Waals surface area contributed by atoms with Crippen molar-refractivity contribution in [2.75, 3.05) is 42.8 Å². The zero-order valence-electron chi connectivity index (χ0n) is 17.8. The van der Waals surface area contributed by atoms with Crippen molar-refractivity contribution in [3.05, 3.63) is 64.6 Å². The second-order valence-electron chi connectivity index (χ2n) is 7.55. The second kappa shape index (κ2) is 9.67. The number of amides is 3. The maximum absolute atomic E-state index is 12.6. The summed E-state index contributed by atoms with van der Waals surface area (Å²) in [4.78, 5) is 61.6. The first-order chi connectivity index (χ1) is 16.4. The third-order valence-corrected chi connectivity index (χ3v) is 5.37. The van der Waals surface area contributed by atoms with Crippen LogP contribution < -0.4 is 9.91 Å². The van der Waals surface area contributed by atoms with E-state index in [-0.39, 0.29) is 26.2 Å². The van der Waals surface area contributed by atoms with Crippen molar-refractivity contribution in [3.8, 4) is 0 Å². The van der Waals surface area contributed by atoms with Crippen LogP contribution in [0.4, 0.5) is 16.2 Å². The Hall–Kier alpha value is -4.32. The quantitative estimate of drug-likeness (QED) is 0.239. The van der Waals surface area contributed by atoms with Crippen molar-refractivity contribution in [3.63, 3.8) is 0 Å². The maximum Gasteiger partial charge on any atom is 0.414 e. The number of cyclic esters (lactones) is 1. The SMILES string of the molecule is O=NN(CCOCC(=O)O)c1ccc(N2C[C@H](CN3C(=O)c4ccccc4C3=O)OC2=O)cc1. The van der Waals surface area contributed by atoms with Crippen molar-refractivity contribution in [1.29, 1.82) is 0 Å². The number of aliphatic carboxylic acids is 1. The molecule has 12 heteroatoms. The Balaban J connectivity index is 1.37.